The van der Waals surface area contributed by atoms with Crippen LogP contribution in [0.15, 0.2) is 30.3 Å². The van der Waals surface area contributed by atoms with Crippen LogP contribution < -0.4 is 5.32 Å². The van der Waals surface area contributed by atoms with E-state index in [1.54, 1.807) is 0 Å². The number of carbonyl (C=O) groups excluding carboxylic acids is 1. The standard InChI is InChI=1S/C20H32N2O3/c1-19(2,3)25-17(16-9-7-6-8-10-16)18(23)21-11-12-22-13-14-24-20(4,5)15-22/h6-10,17H,11-15H2,1-5H3,(H,21,23). The number of rotatable bonds is 6. The summed E-state index contributed by atoms with van der Waals surface area (Å²) in [6.07, 6.45) is -0.595. The van der Waals surface area contributed by atoms with Gasteiger partial charge in [-0.1, -0.05) is 30.3 Å². The lowest BCUT2D eigenvalue weighted by Gasteiger charge is -2.38. The zero-order valence-electron chi connectivity index (χ0n) is 16.2. The summed E-state index contributed by atoms with van der Waals surface area (Å²) < 4.78 is 11.7. The summed E-state index contributed by atoms with van der Waals surface area (Å²) in [6.45, 7) is 14.0. The maximum atomic E-state index is 12.7. The molecular weight excluding hydrogens is 316 g/mol. The first-order chi connectivity index (χ1) is 11.7. The number of nitrogens with one attached hydrogen (secondary N) is 1. The Bertz CT molecular complexity index is 552. The monoisotopic (exact) mass is 348 g/mol. The second kappa shape index (κ2) is 8.30. The summed E-state index contributed by atoms with van der Waals surface area (Å²) in [7, 11) is 0. The number of ether oxygens (including phenoxy) is 2. The van der Waals surface area contributed by atoms with Crippen molar-refractivity contribution >= 4 is 5.91 Å². The number of benzene rings is 1. The van der Waals surface area contributed by atoms with E-state index in [0.717, 1.165) is 31.8 Å². The SMILES string of the molecule is CC(C)(C)OC(C(=O)NCCN1CCOC(C)(C)C1)c1ccccc1. The molecule has 0 aromatic heterocycles. The number of carbonyl (C=O) groups is 1. The average molecular weight is 348 g/mol. The molecule has 1 aromatic carbocycles. The van der Waals surface area contributed by atoms with Crippen LogP contribution in [0.3, 0.4) is 0 Å². The molecule has 1 saturated heterocycles. The maximum absolute atomic E-state index is 12.7. The number of morpholine rings is 1. The number of hydrogen-bond acceptors (Lipinski definition) is 4. The van der Waals surface area contributed by atoms with Gasteiger partial charge in [-0.05, 0) is 40.2 Å². The van der Waals surface area contributed by atoms with E-state index in [0.29, 0.717) is 6.54 Å². The lowest BCUT2D eigenvalue weighted by molar-refractivity contribution is -0.143. The maximum Gasteiger partial charge on any atom is 0.253 e. The van der Waals surface area contributed by atoms with Crippen molar-refractivity contribution in [2.24, 2.45) is 0 Å². The predicted molar refractivity (Wildman–Crippen MR) is 99.5 cm³/mol. The van der Waals surface area contributed by atoms with Crippen molar-refractivity contribution < 1.29 is 14.3 Å². The lowest BCUT2D eigenvalue weighted by atomic mass is 10.1. The van der Waals surface area contributed by atoms with Gasteiger partial charge in [0.2, 0.25) is 0 Å². The number of nitrogens with zero attached hydrogens (tertiary/aromatic N) is 1. The second-order valence-corrected chi connectivity index (χ2v) is 8.20. The number of hydrogen-bond donors (Lipinski definition) is 1. The first-order valence-electron chi connectivity index (χ1n) is 9.03. The average Bonchev–Trinajstić information content (AvgIpc) is 2.51. The highest BCUT2D eigenvalue weighted by molar-refractivity contribution is 5.82. The van der Waals surface area contributed by atoms with Crippen LogP contribution in [0, 0.1) is 0 Å². The molecule has 1 fully saturated rings. The highest BCUT2D eigenvalue weighted by atomic mass is 16.5. The molecule has 1 unspecified atom stereocenters. The van der Waals surface area contributed by atoms with Gasteiger partial charge in [0.05, 0.1) is 17.8 Å². The molecule has 5 nitrogen and oxygen atoms in total. The minimum Gasteiger partial charge on any atom is -0.373 e. The van der Waals surface area contributed by atoms with Crippen molar-refractivity contribution in [3.8, 4) is 0 Å². The lowest BCUT2D eigenvalue weighted by Crippen LogP contribution is -2.50. The Balaban J connectivity index is 1.91. The fourth-order valence-electron chi connectivity index (χ4n) is 2.99. The van der Waals surface area contributed by atoms with Gasteiger partial charge in [-0.15, -0.1) is 0 Å². The second-order valence-electron chi connectivity index (χ2n) is 8.20. The van der Waals surface area contributed by atoms with Crippen LogP contribution in [-0.2, 0) is 14.3 Å². The minimum atomic E-state index is -0.595. The molecule has 1 atom stereocenters. The first-order valence-corrected chi connectivity index (χ1v) is 9.03. The molecule has 1 aliphatic heterocycles. The summed E-state index contributed by atoms with van der Waals surface area (Å²) >= 11 is 0. The Morgan fingerprint density at radius 1 is 1.32 bits per heavy atom. The molecule has 2 rings (SSSR count). The minimum absolute atomic E-state index is 0.0892. The van der Waals surface area contributed by atoms with Crippen LogP contribution >= 0.6 is 0 Å². The van der Waals surface area contributed by atoms with E-state index in [4.69, 9.17) is 9.47 Å². The summed E-state index contributed by atoms with van der Waals surface area (Å²) in [5, 5.41) is 3.03. The first kappa shape index (κ1) is 19.9. The van der Waals surface area contributed by atoms with E-state index in [-0.39, 0.29) is 11.5 Å². The van der Waals surface area contributed by atoms with Crippen molar-refractivity contribution in [3.05, 3.63) is 35.9 Å². The van der Waals surface area contributed by atoms with Crippen molar-refractivity contribution in [2.45, 2.75) is 51.9 Å². The Hall–Kier alpha value is -1.43. The van der Waals surface area contributed by atoms with Gasteiger partial charge >= 0.3 is 0 Å². The fourth-order valence-corrected chi connectivity index (χ4v) is 2.99. The van der Waals surface area contributed by atoms with Crippen LogP contribution in [0.5, 0.6) is 0 Å². The summed E-state index contributed by atoms with van der Waals surface area (Å²) in [5.41, 5.74) is 0.360. The third-order valence-corrected chi connectivity index (χ3v) is 4.04. The van der Waals surface area contributed by atoms with E-state index in [2.05, 4.69) is 24.1 Å². The van der Waals surface area contributed by atoms with E-state index in [1.165, 1.54) is 0 Å². The third-order valence-electron chi connectivity index (χ3n) is 4.04. The van der Waals surface area contributed by atoms with Gasteiger partial charge in [0.15, 0.2) is 6.10 Å². The van der Waals surface area contributed by atoms with Crippen molar-refractivity contribution in [3.63, 3.8) is 0 Å². The Kier molecular flexibility index (Phi) is 6.60. The number of amides is 1. The summed E-state index contributed by atoms with van der Waals surface area (Å²) in [6, 6.07) is 9.66. The Morgan fingerprint density at radius 3 is 2.60 bits per heavy atom. The van der Waals surface area contributed by atoms with Crippen molar-refractivity contribution in [2.75, 3.05) is 32.8 Å². The zero-order chi connectivity index (χ0) is 18.5. The van der Waals surface area contributed by atoms with Gasteiger partial charge in [-0.3, -0.25) is 9.69 Å². The van der Waals surface area contributed by atoms with Crippen LogP contribution in [0.25, 0.3) is 0 Å². The van der Waals surface area contributed by atoms with E-state index in [9.17, 15) is 4.79 Å². The van der Waals surface area contributed by atoms with Gasteiger partial charge in [-0.25, -0.2) is 0 Å². The predicted octanol–water partition coefficient (Wildman–Crippen LogP) is 2.77. The molecule has 1 heterocycles. The Morgan fingerprint density at radius 2 is 2.00 bits per heavy atom. The van der Waals surface area contributed by atoms with Crippen LogP contribution in [0.4, 0.5) is 0 Å². The normalized spacial score (nSPS) is 19.4. The molecule has 0 spiro atoms. The van der Waals surface area contributed by atoms with Gasteiger partial charge in [0, 0.05) is 26.2 Å². The molecule has 0 aliphatic carbocycles. The van der Waals surface area contributed by atoms with Gasteiger partial charge in [0.1, 0.15) is 0 Å². The fraction of sp³-hybridized carbons (Fsp3) is 0.650. The molecule has 1 aromatic rings. The molecule has 0 saturated carbocycles. The van der Waals surface area contributed by atoms with E-state index in [1.807, 2.05) is 51.1 Å². The van der Waals surface area contributed by atoms with E-state index < -0.39 is 11.7 Å². The zero-order valence-corrected chi connectivity index (χ0v) is 16.2. The largest absolute Gasteiger partial charge is 0.373 e. The molecule has 5 heteroatoms. The van der Waals surface area contributed by atoms with Crippen LogP contribution in [0.2, 0.25) is 0 Å². The van der Waals surface area contributed by atoms with Crippen molar-refractivity contribution in [1.29, 1.82) is 0 Å². The molecule has 1 amide bonds. The van der Waals surface area contributed by atoms with Crippen LogP contribution in [-0.4, -0.2) is 54.8 Å². The molecule has 1 N–H and O–H groups in total. The van der Waals surface area contributed by atoms with Gasteiger partial charge in [-0.2, -0.15) is 0 Å². The third kappa shape index (κ3) is 6.77. The van der Waals surface area contributed by atoms with Crippen LogP contribution in [0.1, 0.15) is 46.3 Å². The molecule has 0 bridgehead atoms. The smallest absolute Gasteiger partial charge is 0.253 e. The highest BCUT2D eigenvalue weighted by Gasteiger charge is 2.28. The van der Waals surface area contributed by atoms with Gasteiger partial charge in [0.25, 0.3) is 5.91 Å². The molecule has 25 heavy (non-hydrogen) atoms. The van der Waals surface area contributed by atoms with E-state index >= 15 is 0 Å². The Labute approximate surface area is 151 Å². The molecular formula is C20H32N2O3. The quantitative estimate of drug-likeness (QED) is 0.859. The summed E-state index contributed by atoms with van der Waals surface area (Å²) in [4.78, 5) is 15.0. The highest BCUT2D eigenvalue weighted by Crippen LogP contribution is 2.24. The topological polar surface area (TPSA) is 50.8 Å². The molecule has 1 aliphatic rings. The molecule has 0 radical (unpaired) electrons. The molecule has 140 valence electrons. The summed E-state index contributed by atoms with van der Waals surface area (Å²) in [5.74, 6) is -0.0892. The van der Waals surface area contributed by atoms with Gasteiger partial charge < -0.3 is 14.8 Å². The van der Waals surface area contributed by atoms with Crippen molar-refractivity contribution in [1.82, 2.24) is 10.2 Å².